The lowest BCUT2D eigenvalue weighted by Crippen LogP contribution is -2.38. The molecule has 168 valence electrons. The van der Waals surface area contributed by atoms with Gasteiger partial charge in [0.15, 0.2) is 23.0 Å². The smallest absolute Gasteiger partial charge is 0.251 e. The lowest BCUT2D eigenvalue weighted by molar-refractivity contribution is 0.0524. The van der Waals surface area contributed by atoms with Crippen LogP contribution < -0.4 is 29.0 Å². The molecule has 1 amide bonds. The van der Waals surface area contributed by atoms with Crippen LogP contribution in [0.4, 0.5) is 0 Å². The van der Waals surface area contributed by atoms with Gasteiger partial charge in [0.2, 0.25) is 12.5 Å². The van der Waals surface area contributed by atoms with Crippen LogP contribution in [0.5, 0.6) is 28.7 Å². The molecule has 8 heteroatoms. The Bertz CT molecular complexity index is 899. The number of amides is 1. The lowest BCUT2D eigenvalue weighted by atomic mass is 9.95. The Labute approximate surface area is 182 Å². The maximum atomic E-state index is 12.9. The van der Waals surface area contributed by atoms with E-state index in [1.807, 2.05) is 20.8 Å². The molecule has 0 radical (unpaired) electrons. The molecule has 0 saturated carbocycles. The monoisotopic (exact) mass is 431 g/mol. The number of rotatable bonds is 10. The Morgan fingerprint density at radius 1 is 1.00 bits per heavy atom. The molecule has 2 aromatic rings. The maximum Gasteiger partial charge on any atom is 0.251 e. The van der Waals surface area contributed by atoms with E-state index >= 15 is 0 Å². The molecular weight excluding hydrogens is 402 g/mol. The maximum absolute atomic E-state index is 12.9. The average Bonchev–Trinajstić information content (AvgIpc) is 3.22. The molecule has 2 aromatic carbocycles. The number of hydrogen-bond donors (Lipinski definition) is 2. The summed E-state index contributed by atoms with van der Waals surface area (Å²) in [6.07, 6.45) is 0. The van der Waals surface area contributed by atoms with Gasteiger partial charge in [0.25, 0.3) is 5.91 Å². The SMILES string of the molecule is CCOc1cc(C(=O)NCC(C)(O)c2ccc3c(c2)OCO3)cc(OCC)c1OCC. The second-order valence-electron chi connectivity index (χ2n) is 7.13. The van der Waals surface area contributed by atoms with Crippen molar-refractivity contribution in [1.29, 1.82) is 0 Å². The zero-order chi connectivity index (χ0) is 22.4. The Balaban J connectivity index is 1.78. The summed E-state index contributed by atoms with van der Waals surface area (Å²) in [6, 6.07) is 8.43. The fourth-order valence-electron chi connectivity index (χ4n) is 3.21. The molecule has 0 aliphatic carbocycles. The molecule has 0 fully saturated rings. The van der Waals surface area contributed by atoms with Crippen LogP contribution in [-0.4, -0.2) is 44.2 Å². The highest BCUT2D eigenvalue weighted by molar-refractivity contribution is 5.95. The van der Waals surface area contributed by atoms with Crippen molar-refractivity contribution < 1.29 is 33.6 Å². The van der Waals surface area contributed by atoms with Gasteiger partial charge in [-0.15, -0.1) is 0 Å². The number of fused-ring (bicyclic) bond motifs is 1. The highest BCUT2D eigenvalue weighted by Crippen LogP contribution is 2.39. The molecule has 0 saturated heterocycles. The summed E-state index contributed by atoms with van der Waals surface area (Å²) in [4.78, 5) is 12.9. The molecule has 1 aliphatic heterocycles. The molecule has 0 spiro atoms. The predicted molar refractivity (Wildman–Crippen MR) is 114 cm³/mol. The van der Waals surface area contributed by atoms with Crippen LogP contribution >= 0.6 is 0 Å². The molecule has 2 N–H and O–H groups in total. The van der Waals surface area contributed by atoms with Gasteiger partial charge in [-0.25, -0.2) is 0 Å². The third-order valence-electron chi connectivity index (χ3n) is 4.76. The van der Waals surface area contributed by atoms with E-state index in [1.54, 1.807) is 37.3 Å². The van der Waals surface area contributed by atoms with Gasteiger partial charge in [0.05, 0.1) is 26.4 Å². The summed E-state index contributed by atoms with van der Waals surface area (Å²) in [5.74, 6) is 2.16. The first-order valence-electron chi connectivity index (χ1n) is 10.4. The Morgan fingerprint density at radius 3 is 2.23 bits per heavy atom. The number of carbonyl (C=O) groups is 1. The molecule has 1 aliphatic rings. The largest absolute Gasteiger partial charge is 0.490 e. The third kappa shape index (κ3) is 5.14. The normalized spacial score (nSPS) is 14.0. The molecule has 1 unspecified atom stereocenters. The highest BCUT2D eigenvalue weighted by Gasteiger charge is 2.27. The van der Waals surface area contributed by atoms with E-state index in [0.717, 1.165) is 0 Å². The van der Waals surface area contributed by atoms with Crippen LogP contribution in [0.3, 0.4) is 0 Å². The van der Waals surface area contributed by atoms with Crippen molar-refractivity contribution in [2.45, 2.75) is 33.3 Å². The molecule has 1 heterocycles. The van der Waals surface area contributed by atoms with Crippen molar-refractivity contribution in [2.24, 2.45) is 0 Å². The molecule has 3 rings (SSSR count). The van der Waals surface area contributed by atoms with Gasteiger partial charge in [-0.05, 0) is 57.5 Å². The van der Waals surface area contributed by atoms with Crippen LogP contribution in [0.25, 0.3) is 0 Å². The standard InChI is InChI=1S/C23H29NO7/c1-5-27-19-10-15(11-20(28-6-2)21(19)29-7-3)22(25)24-13-23(4,26)16-8-9-17-18(12-16)31-14-30-17/h8-12,26H,5-7,13-14H2,1-4H3,(H,24,25). The summed E-state index contributed by atoms with van der Waals surface area (Å²) < 4.78 is 27.7. The fraction of sp³-hybridized carbons (Fsp3) is 0.435. The minimum atomic E-state index is -1.31. The van der Waals surface area contributed by atoms with Crippen LogP contribution in [0, 0.1) is 0 Å². The number of nitrogens with one attached hydrogen (secondary N) is 1. The minimum Gasteiger partial charge on any atom is -0.490 e. The van der Waals surface area contributed by atoms with Crippen LogP contribution in [0.1, 0.15) is 43.6 Å². The third-order valence-corrected chi connectivity index (χ3v) is 4.76. The predicted octanol–water partition coefficient (Wildman–Crippen LogP) is 3.25. The van der Waals surface area contributed by atoms with E-state index in [4.69, 9.17) is 23.7 Å². The summed E-state index contributed by atoms with van der Waals surface area (Å²) >= 11 is 0. The van der Waals surface area contributed by atoms with Crippen LogP contribution in [0.2, 0.25) is 0 Å². The quantitative estimate of drug-likeness (QED) is 0.596. The number of carbonyl (C=O) groups excluding carboxylic acids is 1. The minimum absolute atomic E-state index is 0.00732. The summed E-state index contributed by atoms with van der Waals surface area (Å²) in [7, 11) is 0. The molecule has 0 bridgehead atoms. The highest BCUT2D eigenvalue weighted by atomic mass is 16.7. The van der Waals surface area contributed by atoms with Gasteiger partial charge in [0.1, 0.15) is 5.60 Å². The van der Waals surface area contributed by atoms with Crippen LogP contribution in [0.15, 0.2) is 30.3 Å². The average molecular weight is 431 g/mol. The fourth-order valence-corrected chi connectivity index (χ4v) is 3.21. The lowest BCUT2D eigenvalue weighted by Gasteiger charge is -2.25. The first kappa shape index (κ1) is 22.6. The van der Waals surface area contributed by atoms with Gasteiger partial charge in [0, 0.05) is 5.56 Å². The Morgan fingerprint density at radius 2 is 1.61 bits per heavy atom. The molecule has 1 atom stereocenters. The van der Waals surface area contributed by atoms with Gasteiger partial charge in [-0.3, -0.25) is 4.79 Å². The number of ether oxygens (including phenoxy) is 5. The second kappa shape index (κ2) is 9.78. The second-order valence-corrected chi connectivity index (χ2v) is 7.13. The summed E-state index contributed by atoms with van der Waals surface area (Å²) in [5, 5.41) is 13.7. The zero-order valence-corrected chi connectivity index (χ0v) is 18.3. The number of hydrogen-bond acceptors (Lipinski definition) is 7. The van der Waals surface area contributed by atoms with E-state index in [9.17, 15) is 9.90 Å². The van der Waals surface area contributed by atoms with Crippen LogP contribution in [-0.2, 0) is 5.60 Å². The van der Waals surface area contributed by atoms with E-state index in [-0.39, 0.29) is 19.2 Å². The zero-order valence-electron chi connectivity index (χ0n) is 18.3. The molecule has 8 nitrogen and oxygen atoms in total. The Hall–Kier alpha value is -3.13. The first-order chi connectivity index (χ1) is 14.9. The van der Waals surface area contributed by atoms with Crippen molar-refractivity contribution in [2.75, 3.05) is 33.2 Å². The van der Waals surface area contributed by atoms with Crippen molar-refractivity contribution in [3.05, 3.63) is 41.5 Å². The number of benzene rings is 2. The van der Waals surface area contributed by atoms with Gasteiger partial charge >= 0.3 is 0 Å². The summed E-state index contributed by atoms with van der Waals surface area (Å²) in [5.41, 5.74) is -0.362. The van der Waals surface area contributed by atoms with E-state index < -0.39 is 5.60 Å². The van der Waals surface area contributed by atoms with E-state index in [2.05, 4.69) is 5.32 Å². The number of aliphatic hydroxyl groups is 1. The van der Waals surface area contributed by atoms with Crippen molar-refractivity contribution in [3.8, 4) is 28.7 Å². The van der Waals surface area contributed by atoms with E-state index in [1.165, 1.54) is 0 Å². The van der Waals surface area contributed by atoms with Crippen molar-refractivity contribution in [1.82, 2.24) is 5.32 Å². The first-order valence-corrected chi connectivity index (χ1v) is 10.4. The van der Waals surface area contributed by atoms with Crippen molar-refractivity contribution >= 4 is 5.91 Å². The van der Waals surface area contributed by atoms with Gasteiger partial charge in [-0.2, -0.15) is 0 Å². The Kier molecular flexibility index (Phi) is 7.12. The molecule has 0 aromatic heterocycles. The van der Waals surface area contributed by atoms with E-state index in [0.29, 0.717) is 59.7 Å². The summed E-state index contributed by atoms with van der Waals surface area (Å²) in [6.45, 7) is 8.60. The van der Waals surface area contributed by atoms with Gasteiger partial charge < -0.3 is 34.1 Å². The molecule has 31 heavy (non-hydrogen) atoms. The van der Waals surface area contributed by atoms with Gasteiger partial charge in [-0.1, -0.05) is 6.07 Å². The molecular formula is C23H29NO7. The van der Waals surface area contributed by atoms with Crippen molar-refractivity contribution in [3.63, 3.8) is 0 Å². The topological polar surface area (TPSA) is 95.5 Å².